The van der Waals surface area contributed by atoms with Gasteiger partial charge in [-0.15, -0.1) is 0 Å². The van der Waals surface area contributed by atoms with Gasteiger partial charge in [-0.1, -0.05) is 30.3 Å². The molecule has 2 aromatic heterocycles. The van der Waals surface area contributed by atoms with E-state index in [2.05, 4.69) is 9.97 Å². The summed E-state index contributed by atoms with van der Waals surface area (Å²) in [6.07, 6.45) is 0. The van der Waals surface area contributed by atoms with Gasteiger partial charge in [0.1, 0.15) is 5.52 Å². The quantitative estimate of drug-likeness (QED) is 0.693. The molecule has 4 heteroatoms. The molecule has 4 nitrogen and oxygen atoms in total. The molecule has 0 saturated heterocycles. The standard InChI is InChI=1S/C13H10N2O2/c1-8-7-10(9-5-3-2-4-6-9)14-12-11(8)15-13(16)17-12/h2-7H,1H3,(H,15,16). The second kappa shape index (κ2) is 3.59. The summed E-state index contributed by atoms with van der Waals surface area (Å²) in [4.78, 5) is 18.1. The Hall–Kier alpha value is -2.36. The van der Waals surface area contributed by atoms with Crippen LogP contribution in [0, 0.1) is 6.92 Å². The van der Waals surface area contributed by atoms with E-state index in [0.29, 0.717) is 11.2 Å². The monoisotopic (exact) mass is 226 g/mol. The third-order valence-electron chi connectivity index (χ3n) is 2.67. The molecule has 84 valence electrons. The fourth-order valence-electron chi connectivity index (χ4n) is 1.84. The molecule has 0 radical (unpaired) electrons. The lowest BCUT2D eigenvalue weighted by molar-refractivity contribution is 0.546. The molecule has 0 aliphatic rings. The van der Waals surface area contributed by atoms with Crippen LogP contribution in [0.4, 0.5) is 0 Å². The number of H-pyrrole nitrogens is 1. The van der Waals surface area contributed by atoms with Crippen molar-refractivity contribution in [1.29, 1.82) is 0 Å². The van der Waals surface area contributed by atoms with Gasteiger partial charge in [0.25, 0.3) is 0 Å². The number of aryl methyl sites for hydroxylation is 1. The maximum absolute atomic E-state index is 11.1. The Morgan fingerprint density at radius 1 is 1.24 bits per heavy atom. The predicted octanol–water partition coefficient (Wildman–Crippen LogP) is 2.49. The van der Waals surface area contributed by atoms with Crippen molar-refractivity contribution in [2.24, 2.45) is 0 Å². The average Bonchev–Trinajstić information content (AvgIpc) is 2.71. The van der Waals surface area contributed by atoms with Crippen LogP contribution in [0.25, 0.3) is 22.5 Å². The number of benzene rings is 1. The Balaban J connectivity index is 2.29. The van der Waals surface area contributed by atoms with E-state index in [-0.39, 0.29) is 0 Å². The minimum absolute atomic E-state index is 0.355. The van der Waals surface area contributed by atoms with Gasteiger partial charge >= 0.3 is 5.76 Å². The normalized spacial score (nSPS) is 10.9. The Bertz CT molecular complexity index is 726. The van der Waals surface area contributed by atoms with Crippen molar-refractivity contribution >= 4 is 11.2 Å². The molecule has 17 heavy (non-hydrogen) atoms. The number of nitrogens with one attached hydrogen (secondary N) is 1. The summed E-state index contributed by atoms with van der Waals surface area (Å²) in [5.41, 5.74) is 3.77. The number of aromatic nitrogens is 2. The van der Waals surface area contributed by atoms with E-state index in [1.807, 2.05) is 43.3 Å². The summed E-state index contributed by atoms with van der Waals surface area (Å²) in [5, 5.41) is 0. The molecule has 0 aliphatic heterocycles. The lowest BCUT2D eigenvalue weighted by atomic mass is 10.1. The molecule has 0 amide bonds. The van der Waals surface area contributed by atoms with Crippen molar-refractivity contribution in [3.8, 4) is 11.3 Å². The van der Waals surface area contributed by atoms with E-state index in [9.17, 15) is 4.79 Å². The number of nitrogens with zero attached hydrogens (tertiary/aromatic N) is 1. The minimum atomic E-state index is -0.471. The van der Waals surface area contributed by atoms with Crippen molar-refractivity contribution in [2.45, 2.75) is 6.92 Å². The average molecular weight is 226 g/mol. The summed E-state index contributed by atoms with van der Waals surface area (Å²) in [7, 11) is 0. The topological polar surface area (TPSA) is 58.9 Å². The molecule has 3 aromatic rings. The Labute approximate surface area is 96.9 Å². The second-order valence-corrected chi connectivity index (χ2v) is 3.89. The van der Waals surface area contributed by atoms with Crippen molar-refractivity contribution in [3.05, 3.63) is 52.5 Å². The number of oxazole rings is 1. The van der Waals surface area contributed by atoms with Gasteiger partial charge in [-0.3, -0.25) is 4.98 Å². The maximum atomic E-state index is 11.1. The van der Waals surface area contributed by atoms with Crippen LogP contribution in [0.5, 0.6) is 0 Å². The summed E-state index contributed by atoms with van der Waals surface area (Å²) in [6.45, 7) is 1.92. The van der Waals surface area contributed by atoms with Crippen LogP contribution in [0.3, 0.4) is 0 Å². The van der Waals surface area contributed by atoms with Gasteiger partial charge in [0, 0.05) is 5.56 Å². The van der Waals surface area contributed by atoms with E-state index in [4.69, 9.17) is 4.42 Å². The Kier molecular flexibility index (Phi) is 2.08. The van der Waals surface area contributed by atoms with E-state index in [0.717, 1.165) is 16.8 Å². The zero-order chi connectivity index (χ0) is 11.8. The van der Waals surface area contributed by atoms with Crippen molar-refractivity contribution in [3.63, 3.8) is 0 Å². The Morgan fingerprint density at radius 2 is 2.00 bits per heavy atom. The van der Waals surface area contributed by atoms with Crippen LogP contribution >= 0.6 is 0 Å². The van der Waals surface area contributed by atoms with E-state index >= 15 is 0 Å². The van der Waals surface area contributed by atoms with Crippen LogP contribution in [0.2, 0.25) is 0 Å². The van der Waals surface area contributed by atoms with Gasteiger partial charge in [-0.25, -0.2) is 9.78 Å². The van der Waals surface area contributed by atoms with Crippen molar-refractivity contribution in [2.75, 3.05) is 0 Å². The van der Waals surface area contributed by atoms with Gasteiger partial charge in [0.2, 0.25) is 5.71 Å². The van der Waals surface area contributed by atoms with Crippen LogP contribution in [-0.4, -0.2) is 9.97 Å². The number of aromatic amines is 1. The molecule has 2 heterocycles. The highest BCUT2D eigenvalue weighted by atomic mass is 16.4. The lowest BCUT2D eigenvalue weighted by Gasteiger charge is -2.01. The van der Waals surface area contributed by atoms with E-state index < -0.39 is 5.76 Å². The molecule has 0 fully saturated rings. The fraction of sp³-hybridized carbons (Fsp3) is 0.0769. The SMILES string of the molecule is Cc1cc(-c2ccccc2)nc2oc(=O)[nH]c12. The highest BCUT2D eigenvalue weighted by molar-refractivity contribution is 5.76. The van der Waals surface area contributed by atoms with Gasteiger partial charge in [-0.2, -0.15) is 0 Å². The zero-order valence-electron chi connectivity index (χ0n) is 9.23. The molecule has 0 aliphatic carbocycles. The Morgan fingerprint density at radius 3 is 2.76 bits per heavy atom. The van der Waals surface area contributed by atoms with Crippen LogP contribution in [0.1, 0.15) is 5.56 Å². The van der Waals surface area contributed by atoms with Crippen molar-refractivity contribution in [1.82, 2.24) is 9.97 Å². The molecular weight excluding hydrogens is 216 g/mol. The third kappa shape index (κ3) is 1.63. The molecule has 0 atom stereocenters. The van der Waals surface area contributed by atoms with Crippen LogP contribution in [-0.2, 0) is 0 Å². The molecule has 0 bridgehead atoms. The summed E-state index contributed by atoms with van der Waals surface area (Å²) < 4.78 is 4.99. The van der Waals surface area contributed by atoms with E-state index in [1.54, 1.807) is 0 Å². The van der Waals surface area contributed by atoms with Crippen molar-refractivity contribution < 1.29 is 4.42 Å². The minimum Gasteiger partial charge on any atom is -0.389 e. The van der Waals surface area contributed by atoms with Gasteiger partial charge in [0.05, 0.1) is 5.69 Å². The summed E-state index contributed by atoms with van der Waals surface area (Å²) >= 11 is 0. The molecule has 0 unspecified atom stereocenters. The zero-order valence-corrected chi connectivity index (χ0v) is 9.23. The number of rotatable bonds is 1. The molecule has 0 spiro atoms. The molecule has 1 N–H and O–H groups in total. The highest BCUT2D eigenvalue weighted by Crippen LogP contribution is 2.22. The summed E-state index contributed by atoms with van der Waals surface area (Å²) in [5.74, 6) is -0.471. The number of hydrogen-bond donors (Lipinski definition) is 1. The van der Waals surface area contributed by atoms with Crippen LogP contribution < -0.4 is 5.76 Å². The smallest absolute Gasteiger partial charge is 0.389 e. The maximum Gasteiger partial charge on any atom is 0.418 e. The van der Waals surface area contributed by atoms with Crippen LogP contribution in [0.15, 0.2) is 45.6 Å². The molecule has 1 aromatic carbocycles. The van der Waals surface area contributed by atoms with Gasteiger partial charge < -0.3 is 4.42 Å². The number of fused-ring (bicyclic) bond motifs is 1. The highest BCUT2D eigenvalue weighted by Gasteiger charge is 2.08. The first kappa shape index (κ1) is 9.84. The first-order valence-electron chi connectivity index (χ1n) is 5.30. The first-order chi connectivity index (χ1) is 8.24. The molecule has 0 saturated carbocycles. The third-order valence-corrected chi connectivity index (χ3v) is 2.67. The number of pyridine rings is 1. The predicted molar refractivity (Wildman–Crippen MR) is 64.8 cm³/mol. The largest absolute Gasteiger partial charge is 0.418 e. The van der Waals surface area contributed by atoms with Gasteiger partial charge in [0.15, 0.2) is 0 Å². The second-order valence-electron chi connectivity index (χ2n) is 3.89. The molecular formula is C13H10N2O2. The lowest BCUT2D eigenvalue weighted by Crippen LogP contribution is -1.93. The first-order valence-corrected chi connectivity index (χ1v) is 5.30. The van der Waals surface area contributed by atoms with Gasteiger partial charge in [-0.05, 0) is 18.6 Å². The summed E-state index contributed by atoms with van der Waals surface area (Å²) in [6, 6.07) is 11.7. The number of hydrogen-bond acceptors (Lipinski definition) is 3. The van der Waals surface area contributed by atoms with E-state index in [1.165, 1.54) is 0 Å². The fourth-order valence-corrected chi connectivity index (χ4v) is 1.84. The molecule has 3 rings (SSSR count).